The second-order valence-electron chi connectivity index (χ2n) is 3.86. The number of thiophene rings is 1. The molecule has 1 atom stereocenters. The van der Waals surface area contributed by atoms with Gasteiger partial charge in [-0.3, -0.25) is 4.79 Å². The van der Waals surface area contributed by atoms with Gasteiger partial charge in [-0.1, -0.05) is 47.9 Å². The molecule has 0 radical (unpaired) electrons. The van der Waals surface area contributed by atoms with Crippen LogP contribution in [0.25, 0.3) is 0 Å². The van der Waals surface area contributed by atoms with Gasteiger partial charge in [-0.15, -0.1) is 21.5 Å². The van der Waals surface area contributed by atoms with E-state index < -0.39 is 0 Å². The molecule has 0 saturated carbocycles. The number of hydrogen-bond donors (Lipinski definition) is 1. The van der Waals surface area contributed by atoms with Crippen molar-refractivity contribution in [2.45, 2.75) is 28.6 Å². The van der Waals surface area contributed by atoms with Gasteiger partial charge in [0, 0.05) is 4.88 Å². The summed E-state index contributed by atoms with van der Waals surface area (Å²) in [5.41, 5.74) is 0. The van der Waals surface area contributed by atoms with E-state index >= 15 is 0 Å². The normalized spacial score (nSPS) is 12.3. The zero-order chi connectivity index (χ0) is 14.4. The maximum Gasteiger partial charge on any atom is 0.230 e. The fourth-order valence-corrected chi connectivity index (χ4v) is 4.92. The third kappa shape index (κ3) is 4.76. The number of amides is 1. The van der Waals surface area contributed by atoms with Gasteiger partial charge in [0.2, 0.25) is 5.91 Å². The Labute approximate surface area is 134 Å². The Kier molecular flexibility index (Phi) is 6.34. The van der Waals surface area contributed by atoms with E-state index in [1.54, 1.807) is 34.4 Å². The third-order valence-corrected chi connectivity index (χ3v) is 6.46. The number of aromatic nitrogens is 2. The second-order valence-corrected chi connectivity index (χ2v) is 8.55. The smallest absolute Gasteiger partial charge is 0.230 e. The highest BCUT2D eigenvalue weighted by Crippen LogP contribution is 2.28. The molecule has 0 spiro atoms. The number of nitrogens with zero attached hydrogens (tertiary/aromatic N) is 2. The van der Waals surface area contributed by atoms with Crippen LogP contribution in [-0.2, 0) is 4.79 Å². The van der Waals surface area contributed by atoms with Crippen LogP contribution in [0.4, 0.5) is 0 Å². The van der Waals surface area contributed by atoms with Crippen molar-refractivity contribution < 1.29 is 4.79 Å². The summed E-state index contributed by atoms with van der Waals surface area (Å²) in [6.45, 7) is 4.08. The van der Waals surface area contributed by atoms with Gasteiger partial charge in [0.1, 0.15) is 0 Å². The summed E-state index contributed by atoms with van der Waals surface area (Å²) < 4.78 is 1.81. The van der Waals surface area contributed by atoms with E-state index in [4.69, 9.17) is 0 Å². The first kappa shape index (κ1) is 15.8. The molecule has 0 aliphatic rings. The lowest BCUT2D eigenvalue weighted by Gasteiger charge is -2.11. The van der Waals surface area contributed by atoms with Crippen LogP contribution in [-0.4, -0.2) is 27.6 Å². The summed E-state index contributed by atoms with van der Waals surface area (Å²) in [5, 5.41) is 13.1. The summed E-state index contributed by atoms with van der Waals surface area (Å²) >= 11 is 6.30. The molecule has 2 rings (SSSR count). The fourth-order valence-electron chi connectivity index (χ4n) is 1.46. The van der Waals surface area contributed by atoms with Crippen molar-refractivity contribution >= 4 is 52.1 Å². The van der Waals surface area contributed by atoms with Crippen LogP contribution in [0.15, 0.2) is 26.2 Å². The predicted octanol–water partition coefficient (Wildman–Crippen LogP) is 3.68. The highest BCUT2D eigenvalue weighted by molar-refractivity contribution is 8.03. The molecule has 0 bridgehead atoms. The van der Waals surface area contributed by atoms with Crippen LogP contribution in [0.3, 0.4) is 0 Å². The highest BCUT2D eigenvalue weighted by Gasteiger charge is 2.12. The van der Waals surface area contributed by atoms with Gasteiger partial charge in [0.25, 0.3) is 0 Å². The highest BCUT2D eigenvalue weighted by atomic mass is 32.2. The molecule has 0 aromatic carbocycles. The molecule has 1 amide bonds. The van der Waals surface area contributed by atoms with Crippen LogP contribution in [0, 0.1) is 0 Å². The fraction of sp³-hybridized carbons (Fsp3) is 0.417. The van der Waals surface area contributed by atoms with Gasteiger partial charge in [-0.05, 0) is 24.1 Å². The molecule has 2 aromatic heterocycles. The number of thioether (sulfide) groups is 2. The monoisotopic (exact) mass is 345 g/mol. The lowest BCUT2D eigenvalue weighted by molar-refractivity contribution is -0.119. The van der Waals surface area contributed by atoms with E-state index in [0.29, 0.717) is 5.75 Å². The summed E-state index contributed by atoms with van der Waals surface area (Å²) in [4.78, 5) is 13.0. The number of rotatable bonds is 7. The lowest BCUT2D eigenvalue weighted by atomic mass is 10.3. The van der Waals surface area contributed by atoms with Crippen molar-refractivity contribution in [2.75, 3.05) is 11.5 Å². The summed E-state index contributed by atoms with van der Waals surface area (Å²) in [5.74, 6) is 1.38. The van der Waals surface area contributed by atoms with Crippen LogP contribution in [0.5, 0.6) is 0 Å². The molecule has 1 N–H and O–H groups in total. The molecule has 0 aliphatic heterocycles. The van der Waals surface area contributed by atoms with E-state index in [1.807, 2.05) is 24.4 Å². The molecule has 0 aliphatic carbocycles. The minimum atomic E-state index is 0.0239. The van der Waals surface area contributed by atoms with Crippen LogP contribution in [0.1, 0.15) is 24.8 Å². The minimum absolute atomic E-state index is 0.0239. The largest absolute Gasteiger partial charge is 0.348 e. The SMILES string of the molecule is CCSc1nnc(SCC(=O)N[C@H](C)c2cccs2)s1. The Hall–Kier alpha value is -0.570. The molecule has 20 heavy (non-hydrogen) atoms. The first-order chi connectivity index (χ1) is 9.69. The van der Waals surface area contributed by atoms with Crippen molar-refractivity contribution in [1.82, 2.24) is 15.5 Å². The van der Waals surface area contributed by atoms with Gasteiger partial charge in [0.15, 0.2) is 8.68 Å². The van der Waals surface area contributed by atoms with E-state index in [0.717, 1.165) is 14.4 Å². The standard InChI is InChI=1S/C12H15N3OS4/c1-3-17-11-14-15-12(20-11)19-7-10(16)13-8(2)9-5-4-6-18-9/h4-6,8H,3,7H2,1-2H3,(H,13,16)/t8-/m1/s1. The Bertz CT molecular complexity index is 541. The average Bonchev–Trinajstić information content (AvgIpc) is 3.08. The second kappa shape index (κ2) is 8.02. The Morgan fingerprint density at radius 3 is 2.80 bits per heavy atom. The third-order valence-electron chi connectivity index (χ3n) is 2.33. The maximum absolute atomic E-state index is 11.9. The number of carbonyl (C=O) groups excluding carboxylic acids is 1. The Morgan fingerprint density at radius 2 is 2.15 bits per heavy atom. The van der Waals surface area contributed by atoms with E-state index in [9.17, 15) is 4.79 Å². The van der Waals surface area contributed by atoms with Crippen LogP contribution < -0.4 is 5.32 Å². The molecule has 8 heteroatoms. The van der Waals surface area contributed by atoms with E-state index in [2.05, 4.69) is 22.4 Å². The average molecular weight is 346 g/mol. The number of hydrogen-bond acceptors (Lipinski definition) is 7. The summed E-state index contributed by atoms with van der Waals surface area (Å²) in [6.07, 6.45) is 0. The van der Waals surface area contributed by atoms with E-state index in [1.165, 1.54) is 16.6 Å². The Morgan fingerprint density at radius 1 is 1.40 bits per heavy atom. The molecule has 2 aromatic rings. The number of nitrogens with one attached hydrogen (secondary N) is 1. The quantitative estimate of drug-likeness (QED) is 0.776. The van der Waals surface area contributed by atoms with Crippen molar-refractivity contribution in [3.05, 3.63) is 22.4 Å². The molecule has 0 fully saturated rings. The molecular weight excluding hydrogens is 330 g/mol. The summed E-state index contributed by atoms with van der Waals surface area (Å²) in [7, 11) is 0. The zero-order valence-electron chi connectivity index (χ0n) is 11.2. The first-order valence-electron chi connectivity index (χ1n) is 6.11. The van der Waals surface area contributed by atoms with Crippen molar-refractivity contribution in [2.24, 2.45) is 0 Å². The van der Waals surface area contributed by atoms with Gasteiger partial charge in [-0.25, -0.2) is 0 Å². The van der Waals surface area contributed by atoms with Gasteiger partial charge in [0.05, 0.1) is 11.8 Å². The van der Waals surface area contributed by atoms with Gasteiger partial charge < -0.3 is 5.32 Å². The maximum atomic E-state index is 11.9. The molecule has 108 valence electrons. The molecule has 0 saturated heterocycles. The number of carbonyl (C=O) groups is 1. The van der Waals surface area contributed by atoms with Crippen LogP contribution in [0.2, 0.25) is 0 Å². The van der Waals surface area contributed by atoms with Crippen molar-refractivity contribution in [3.8, 4) is 0 Å². The first-order valence-corrected chi connectivity index (χ1v) is 9.77. The van der Waals surface area contributed by atoms with Gasteiger partial charge in [-0.2, -0.15) is 0 Å². The predicted molar refractivity (Wildman–Crippen MR) is 87.9 cm³/mol. The molecule has 0 unspecified atom stereocenters. The van der Waals surface area contributed by atoms with E-state index in [-0.39, 0.29) is 11.9 Å². The molecular formula is C12H15N3OS4. The van der Waals surface area contributed by atoms with Crippen LogP contribution >= 0.6 is 46.2 Å². The lowest BCUT2D eigenvalue weighted by Crippen LogP contribution is -2.27. The van der Waals surface area contributed by atoms with Crippen molar-refractivity contribution in [3.63, 3.8) is 0 Å². The topological polar surface area (TPSA) is 54.9 Å². The summed E-state index contributed by atoms with van der Waals surface area (Å²) in [6, 6.07) is 4.08. The molecule has 4 nitrogen and oxygen atoms in total. The Balaban J connectivity index is 1.77. The van der Waals surface area contributed by atoms with Crippen molar-refractivity contribution in [1.29, 1.82) is 0 Å². The minimum Gasteiger partial charge on any atom is -0.348 e. The van der Waals surface area contributed by atoms with Gasteiger partial charge >= 0.3 is 0 Å². The zero-order valence-corrected chi connectivity index (χ0v) is 14.4. The molecule has 2 heterocycles.